The largest absolute Gasteiger partial charge is 0.463 e. The Bertz CT molecular complexity index is 169. The van der Waals surface area contributed by atoms with Gasteiger partial charge in [-0.1, -0.05) is 6.42 Å². The molecule has 1 unspecified atom stereocenters. The molecule has 1 atom stereocenters. The highest BCUT2D eigenvalue weighted by atomic mass is 19.1. The summed E-state index contributed by atoms with van der Waals surface area (Å²) in [7, 11) is 0. The minimum atomic E-state index is -1.56. The van der Waals surface area contributed by atoms with Crippen molar-refractivity contribution in [2.24, 2.45) is 0 Å². The van der Waals surface area contributed by atoms with Crippen molar-refractivity contribution in [2.45, 2.75) is 32.5 Å². The number of halogens is 1. The summed E-state index contributed by atoms with van der Waals surface area (Å²) >= 11 is 0. The first-order valence-electron chi connectivity index (χ1n) is 4.80. The fourth-order valence-corrected chi connectivity index (χ4v) is 1.51. The Balaban J connectivity index is 2.35. The van der Waals surface area contributed by atoms with Crippen LogP contribution in [0.3, 0.4) is 0 Å². The molecule has 1 rings (SSSR count). The Morgan fingerprint density at radius 3 is 2.62 bits per heavy atom. The average molecular weight is 189 g/mol. The molecule has 1 saturated heterocycles. The van der Waals surface area contributed by atoms with Gasteiger partial charge in [-0.05, 0) is 19.8 Å². The van der Waals surface area contributed by atoms with E-state index >= 15 is 0 Å². The number of carbonyl (C=O) groups excluding carboxylic acids is 1. The topological polar surface area (TPSA) is 29.5 Å². The normalized spacial score (nSPS) is 21.1. The molecule has 1 fully saturated rings. The number of nitrogens with zero attached hydrogens (tertiary/aromatic N) is 1. The van der Waals surface area contributed by atoms with Crippen LogP contribution in [0.15, 0.2) is 0 Å². The molecule has 0 bridgehead atoms. The van der Waals surface area contributed by atoms with E-state index in [0.717, 1.165) is 19.3 Å². The second-order valence-electron chi connectivity index (χ2n) is 3.18. The Kier molecular flexibility index (Phi) is 4.15. The van der Waals surface area contributed by atoms with Crippen LogP contribution in [0.5, 0.6) is 0 Å². The van der Waals surface area contributed by atoms with Gasteiger partial charge in [-0.3, -0.25) is 4.90 Å². The molecule has 0 N–H and O–H groups in total. The third-order valence-corrected chi connectivity index (χ3v) is 2.19. The summed E-state index contributed by atoms with van der Waals surface area (Å²) in [5.41, 5.74) is 0. The number of alkyl halides is 1. The molecule has 0 spiro atoms. The van der Waals surface area contributed by atoms with Crippen molar-refractivity contribution in [3.63, 3.8) is 0 Å². The van der Waals surface area contributed by atoms with Crippen molar-refractivity contribution < 1.29 is 13.9 Å². The first-order valence-corrected chi connectivity index (χ1v) is 4.80. The van der Waals surface area contributed by atoms with Crippen molar-refractivity contribution in [3.05, 3.63) is 0 Å². The third-order valence-electron chi connectivity index (χ3n) is 2.19. The summed E-state index contributed by atoms with van der Waals surface area (Å²) in [5.74, 6) is -0.746. The molecule has 76 valence electrons. The predicted molar refractivity (Wildman–Crippen MR) is 47.0 cm³/mol. The Morgan fingerprint density at radius 1 is 1.46 bits per heavy atom. The molecular weight excluding hydrogens is 173 g/mol. The maximum absolute atomic E-state index is 13.3. The summed E-state index contributed by atoms with van der Waals surface area (Å²) in [6.45, 7) is 3.26. The zero-order chi connectivity index (χ0) is 9.68. The summed E-state index contributed by atoms with van der Waals surface area (Å²) in [6, 6.07) is 0. The van der Waals surface area contributed by atoms with Crippen molar-refractivity contribution >= 4 is 5.97 Å². The van der Waals surface area contributed by atoms with Gasteiger partial charge in [-0.15, -0.1) is 0 Å². The van der Waals surface area contributed by atoms with Gasteiger partial charge in [0.05, 0.1) is 6.61 Å². The fourth-order valence-electron chi connectivity index (χ4n) is 1.51. The molecule has 0 saturated carbocycles. The van der Waals surface area contributed by atoms with Crippen molar-refractivity contribution in [2.75, 3.05) is 19.7 Å². The average Bonchev–Trinajstić information content (AvgIpc) is 2.18. The SMILES string of the molecule is CCOC(=O)C(F)N1CCCCC1. The highest BCUT2D eigenvalue weighted by molar-refractivity contribution is 5.74. The number of ether oxygens (including phenoxy) is 1. The van der Waals surface area contributed by atoms with Gasteiger partial charge in [-0.25, -0.2) is 9.18 Å². The number of hydrogen-bond donors (Lipinski definition) is 0. The van der Waals surface area contributed by atoms with Gasteiger partial charge in [-0.2, -0.15) is 0 Å². The van der Waals surface area contributed by atoms with Crippen LogP contribution in [0, 0.1) is 0 Å². The summed E-state index contributed by atoms with van der Waals surface area (Å²) in [4.78, 5) is 12.5. The number of carbonyl (C=O) groups is 1. The zero-order valence-corrected chi connectivity index (χ0v) is 7.96. The van der Waals surface area contributed by atoms with Gasteiger partial charge in [0.2, 0.25) is 0 Å². The van der Waals surface area contributed by atoms with Crippen LogP contribution in [-0.2, 0) is 9.53 Å². The van der Waals surface area contributed by atoms with Gasteiger partial charge in [0.1, 0.15) is 0 Å². The van der Waals surface area contributed by atoms with E-state index in [9.17, 15) is 9.18 Å². The molecule has 4 heteroatoms. The van der Waals surface area contributed by atoms with E-state index in [0.29, 0.717) is 13.1 Å². The van der Waals surface area contributed by atoms with E-state index in [4.69, 9.17) is 0 Å². The van der Waals surface area contributed by atoms with Crippen LogP contribution < -0.4 is 0 Å². The van der Waals surface area contributed by atoms with Crippen LogP contribution in [0.2, 0.25) is 0 Å². The molecule has 0 aromatic heterocycles. The Labute approximate surface area is 77.9 Å². The molecule has 1 heterocycles. The van der Waals surface area contributed by atoms with E-state index in [1.54, 1.807) is 11.8 Å². The number of esters is 1. The number of hydrogen-bond acceptors (Lipinski definition) is 3. The predicted octanol–water partition coefficient (Wildman–Crippen LogP) is 1.33. The molecule has 0 aromatic carbocycles. The highest BCUT2D eigenvalue weighted by Crippen LogP contribution is 2.13. The summed E-state index contributed by atoms with van der Waals surface area (Å²) in [5, 5.41) is 0. The molecule has 0 amide bonds. The maximum atomic E-state index is 13.3. The first kappa shape index (κ1) is 10.4. The van der Waals surface area contributed by atoms with Crippen LogP contribution in [0.4, 0.5) is 4.39 Å². The first-order chi connectivity index (χ1) is 6.25. The fraction of sp³-hybridized carbons (Fsp3) is 0.889. The van der Waals surface area contributed by atoms with Gasteiger partial charge >= 0.3 is 5.97 Å². The maximum Gasteiger partial charge on any atom is 0.356 e. The molecule has 0 aromatic rings. The second-order valence-corrected chi connectivity index (χ2v) is 3.18. The number of likely N-dealkylation sites (tertiary alicyclic amines) is 1. The van der Waals surface area contributed by atoms with Crippen molar-refractivity contribution in [3.8, 4) is 0 Å². The Morgan fingerprint density at radius 2 is 2.08 bits per heavy atom. The van der Waals surface area contributed by atoms with E-state index in [-0.39, 0.29) is 6.61 Å². The van der Waals surface area contributed by atoms with Crippen molar-refractivity contribution in [1.29, 1.82) is 0 Å². The highest BCUT2D eigenvalue weighted by Gasteiger charge is 2.27. The summed E-state index contributed by atoms with van der Waals surface area (Å²) < 4.78 is 17.9. The molecule has 1 aliphatic rings. The van der Waals surface area contributed by atoms with E-state index in [1.807, 2.05) is 0 Å². The summed E-state index contributed by atoms with van der Waals surface area (Å²) in [6.07, 6.45) is 1.52. The molecule has 13 heavy (non-hydrogen) atoms. The zero-order valence-electron chi connectivity index (χ0n) is 7.96. The van der Waals surface area contributed by atoms with Crippen LogP contribution >= 0.6 is 0 Å². The molecule has 0 radical (unpaired) electrons. The minimum Gasteiger partial charge on any atom is -0.463 e. The van der Waals surface area contributed by atoms with Gasteiger partial charge in [0.25, 0.3) is 6.30 Å². The molecule has 1 aliphatic heterocycles. The number of rotatable bonds is 3. The van der Waals surface area contributed by atoms with E-state index < -0.39 is 12.3 Å². The van der Waals surface area contributed by atoms with E-state index in [1.165, 1.54) is 0 Å². The smallest absolute Gasteiger partial charge is 0.356 e. The Hall–Kier alpha value is -0.640. The van der Waals surface area contributed by atoms with Crippen LogP contribution in [-0.4, -0.2) is 36.9 Å². The van der Waals surface area contributed by atoms with Crippen molar-refractivity contribution in [1.82, 2.24) is 4.90 Å². The van der Waals surface area contributed by atoms with Gasteiger partial charge < -0.3 is 4.74 Å². The number of piperidine rings is 1. The van der Waals surface area contributed by atoms with Gasteiger partial charge in [0, 0.05) is 13.1 Å². The lowest BCUT2D eigenvalue weighted by Crippen LogP contribution is -2.42. The van der Waals surface area contributed by atoms with Gasteiger partial charge in [0.15, 0.2) is 0 Å². The third kappa shape index (κ3) is 2.95. The monoisotopic (exact) mass is 189 g/mol. The molecule has 3 nitrogen and oxygen atoms in total. The molecular formula is C9H16FNO2. The van der Waals surface area contributed by atoms with Crippen LogP contribution in [0.25, 0.3) is 0 Å². The lowest BCUT2D eigenvalue weighted by molar-refractivity contribution is -0.157. The second kappa shape index (κ2) is 5.17. The minimum absolute atomic E-state index is 0.243. The lowest BCUT2D eigenvalue weighted by Gasteiger charge is -2.27. The van der Waals surface area contributed by atoms with E-state index in [2.05, 4.69) is 4.74 Å². The standard InChI is InChI=1S/C9H16FNO2/c1-2-13-9(12)8(10)11-6-4-3-5-7-11/h8H,2-7H2,1H3. The van der Waals surface area contributed by atoms with Crippen LogP contribution in [0.1, 0.15) is 26.2 Å². The lowest BCUT2D eigenvalue weighted by atomic mass is 10.1. The quantitative estimate of drug-likeness (QED) is 0.495. The molecule has 0 aliphatic carbocycles.